The molecule has 100 valence electrons. The van der Waals surface area contributed by atoms with Crippen molar-refractivity contribution < 1.29 is 22.3 Å². The van der Waals surface area contributed by atoms with Crippen molar-refractivity contribution in [2.45, 2.75) is 38.5 Å². The van der Waals surface area contributed by atoms with Gasteiger partial charge in [0.1, 0.15) is 5.82 Å². The molecule has 0 saturated heterocycles. The molecule has 1 heterocycles. The van der Waals surface area contributed by atoms with E-state index in [4.69, 9.17) is 4.74 Å². The minimum Gasteiger partial charge on any atom is -0.373 e. The van der Waals surface area contributed by atoms with E-state index in [9.17, 15) is 17.6 Å². The maximum Gasteiger partial charge on any atom is 0.278 e. The van der Waals surface area contributed by atoms with Gasteiger partial charge < -0.3 is 4.74 Å². The summed E-state index contributed by atoms with van der Waals surface area (Å²) in [6, 6.07) is 2.59. The molecule has 1 aliphatic rings. The van der Waals surface area contributed by atoms with E-state index in [-0.39, 0.29) is 23.7 Å². The zero-order chi connectivity index (χ0) is 13.5. The quantitative estimate of drug-likeness (QED) is 0.734. The Bertz CT molecular complexity index is 459. The monoisotopic (exact) mass is 262 g/mol. The van der Waals surface area contributed by atoms with Gasteiger partial charge in [-0.15, -0.1) is 0 Å². The standard InChI is InChI=1S/C13H14F4O/c1-7(2)8-3-10-9(11(14)4-8)5-18-6-13(10,17)12(15)16/h3-4,7,12H,5-6H2,1-2H3. The van der Waals surface area contributed by atoms with Crippen LogP contribution in [0.1, 0.15) is 36.5 Å². The molecule has 0 spiro atoms. The molecule has 0 aliphatic carbocycles. The number of ether oxygens (including phenoxy) is 1. The van der Waals surface area contributed by atoms with Crippen LogP contribution in [-0.4, -0.2) is 13.0 Å². The third-order valence-corrected chi connectivity index (χ3v) is 3.24. The van der Waals surface area contributed by atoms with Crippen molar-refractivity contribution in [1.29, 1.82) is 0 Å². The van der Waals surface area contributed by atoms with Crippen molar-refractivity contribution in [2.75, 3.05) is 6.61 Å². The van der Waals surface area contributed by atoms with E-state index in [1.165, 1.54) is 12.1 Å². The highest BCUT2D eigenvalue weighted by Crippen LogP contribution is 2.41. The van der Waals surface area contributed by atoms with Gasteiger partial charge in [0.15, 0.2) is 0 Å². The van der Waals surface area contributed by atoms with Crippen LogP contribution in [0.2, 0.25) is 0 Å². The van der Waals surface area contributed by atoms with Gasteiger partial charge in [0, 0.05) is 11.1 Å². The number of rotatable bonds is 2. The van der Waals surface area contributed by atoms with Crippen LogP contribution >= 0.6 is 0 Å². The highest BCUT2D eigenvalue weighted by Gasteiger charge is 2.47. The molecule has 1 aliphatic heterocycles. The first-order chi connectivity index (χ1) is 8.36. The third kappa shape index (κ3) is 2.00. The van der Waals surface area contributed by atoms with Gasteiger partial charge in [-0.1, -0.05) is 19.9 Å². The van der Waals surface area contributed by atoms with Gasteiger partial charge in [-0.2, -0.15) is 0 Å². The fraction of sp³-hybridized carbons (Fsp3) is 0.538. The lowest BCUT2D eigenvalue weighted by molar-refractivity contribution is -0.108. The van der Waals surface area contributed by atoms with Crippen molar-refractivity contribution in [3.05, 3.63) is 34.6 Å². The molecule has 0 fully saturated rings. The minimum atomic E-state index is -3.24. The van der Waals surface area contributed by atoms with E-state index in [1.807, 2.05) is 0 Å². The molecule has 1 aromatic carbocycles. The maximum absolute atomic E-state index is 14.3. The lowest BCUT2D eigenvalue weighted by Crippen LogP contribution is -2.39. The summed E-state index contributed by atoms with van der Waals surface area (Å²) in [5.74, 6) is -0.742. The zero-order valence-corrected chi connectivity index (χ0v) is 10.1. The number of hydrogen-bond acceptors (Lipinski definition) is 1. The van der Waals surface area contributed by atoms with Crippen molar-refractivity contribution in [3.8, 4) is 0 Å². The van der Waals surface area contributed by atoms with E-state index in [2.05, 4.69) is 0 Å². The Labute approximate surface area is 103 Å². The summed E-state index contributed by atoms with van der Waals surface area (Å²) in [4.78, 5) is 0. The van der Waals surface area contributed by atoms with Crippen LogP contribution in [0.5, 0.6) is 0 Å². The van der Waals surface area contributed by atoms with Crippen molar-refractivity contribution in [1.82, 2.24) is 0 Å². The van der Waals surface area contributed by atoms with Gasteiger partial charge in [-0.3, -0.25) is 0 Å². The van der Waals surface area contributed by atoms with E-state index in [1.54, 1.807) is 13.8 Å². The first kappa shape index (κ1) is 13.3. The average Bonchev–Trinajstić information content (AvgIpc) is 2.29. The van der Waals surface area contributed by atoms with Gasteiger partial charge in [0.25, 0.3) is 6.43 Å². The number of fused-ring (bicyclic) bond motifs is 1. The molecule has 0 radical (unpaired) electrons. The van der Waals surface area contributed by atoms with Crippen LogP contribution in [0.15, 0.2) is 12.1 Å². The Morgan fingerprint density at radius 1 is 1.28 bits per heavy atom. The highest BCUT2D eigenvalue weighted by atomic mass is 19.3. The van der Waals surface area contributed by atoms with Crippen LogP contribution in [0.25, 0.3) is 0 Å². The molecule has 1 unspecified atom stereocenters. The molecule has 2 rings (SSSR count). The first-order valence-corrected chi connectivity index (χ1v) is 5.74. The SMILES string of the molecule is CC(C)c1cc(F)c2c(c1)C(F)(C(F)F)COC2. The molecule has 18 heavy (non-hydrogen) atoms. The fourth-order valence-corrected chi connectivity index (χ4v) is 2.07. The maximum atomic E-state index is 14.3. The molecule has 1 aromatic rings. The van der Waals surface area contributed by atoms with Gasteiger partial charge >= 0.3 is 0 Å². The van der Waals surface area contributed by atoms with E-state index >= 15 is 0 Å². The summed E-state index contributed by atoms with van der Waals surface area (Å²) in [6.07, 6.45) is -3.24. The van der Waals surface area contributed by atoms with Crippen molar-refractivity contribution in [3.63, 3.8) is 0 Å². The number of hydrogen-bond donors (Lipinski definition) is 0. The van der Waals surface area contributed by atoms with Gasteiger partial charge in [-0.25, -0.2) is 17.6 Å². The summed E-state index contributed by atoms with van der Waals surface area (Å²) in [5, 5.41) is 0. The Balaban J connectivity index is 2.62. The lowest BCUT2D eigenvalue weighted by Gasteiger charge is -2.32. The Morgan fingerprint density at radius 3 is 2.50 bits per heavy atom. The van der Waals surface area contributed by atoms with E-state index in [0.717, 1.165) is 0 Å². The zero-order valence-electron chi connectivity index (χ0n) is 10.1. The Morgan fingerprint density at radius 2 is 1.94 bits per heavy atom. The van der Waals surface area contributed by atoms with Crippen LogP contribution in [-0.2, 0) is 17.0 Å². The lowest BCUT2D eigenvalue weighted by atomic mass is 9.86. The molecule has 0 aromatic heterocycles. The van der Waals surface area contributed by atoms with Gasteiger partial charge in [0.2, 0.25) is 5.67 Å². The number of alkyl halides is 3. The van der Waals surface area contributed by atoms with E-state index in [0.29, 0.717) is 5.56 Å². The second-order valence-corrected chi connectivity index (χ2v) is 4.84. The second kappa shape index (κ2) is 4.53. The Hall–Kier alpha value is -1.10. The van der Waals surface area contributed by atoms with Crippen LogP contribution in [0, 0.1) is 5.82 Å². The molecule has 0 amide bonds. The summed E-state index contributed by atoms with van der Waals surface area (Å²) in [6.45, 7) is 2.68. The minimum absolute atomic E-state index is 0.0606. The summed E-state index contributed by atoms with van der Waals surface area (Å²) in [5.41, 5.74) is -2.78. The predicted octanol–water partition coefficient (Wildman–Crippen LogP) is 3.91. The van der Waals surface area contributed by atoms with Crippen LogP contribution < -0.4 is 0 Å². The topological polar surface area (TPSA) is 9.23 Å². The fourth-order valence-electron chi connectivity index (χ4n) is 2.07. The Kier molecular flexibility index (Phi) is 3.36. The number of benzene rings is 1. The largest absolute Gasteiger partial charge is 0.373 e. The van der Waals surface area contributed by atoms with Crippen LogP contribution in [0.4, 0.5) is 17.6 Å². The summed E-state index contributed by atoms with van der Waals surface area (Å²) >= 11 is 0. The first-order valence-electron chi connectivity index (χ1n) is 5.74. The smallest absolute Gasteiger partial charge is 0.278 e. The van der Waals surface area contributed by atoms with Gasteiger partial charge in [0.05, 0.1) is 13.2 Å². The van der Waals surface area contributed by atoms with Gasteiger partial charge in [-0.05, 0) is 17.5 Å². The summed E-state index contributed by atoms with van der Waals surface area (Å²) in [7, 11) is 0. The molecule has 0 bridgehead atoms. The van der Waals surface area contributed by atoms with E-state index < -0.39 is 24.5 Å². The number of halogens is 4. The molecular weight excluding hydrogens is 248 g/mol. The molecular formula is C13H14F4O. The predicted molar refractivity (Wildman–Crippen MR) is 58.9 cm³/mol. The molecule has 0 N–H and O–H groups in total. The normalized spacial score (nSPS) is 23.6. The van der Waals surface area contributed by atoms with Crippen LogP contribution in [0.3, 0.4) is 0 Å². The average molecular weight is 262 g/mol. The summed E-state index contributed by atoms with van der Waals surface area (Å²) < 4.78 is 58.6. The molecule has 5 heteroatoms. The molecule has 0 saturated carbocycles. The highest BCUT2D eigenvalue weighted by molar-refractivity contribution is 5.40. The van der Waals surface area contributed by atoms with Crippen molar-refractivity contribution >= 4 is 0 Å². The third-order valence-electron chi connectivity index (χ3n) is 3.24. The molecule has 1 nitrogen and oxygen atoms in total. The molecule has 1 atom stereocenters. The van der Waals surface area contributed by atoms with Crippen molar-refractivity contribution in [2.24, 2.45) is 0 Å². The second-order valence-electron chi connectivity index (χ2n) is 4.84.